The second-order valence-corrected chi connectivity index (χ2v) is 36.1. The molecule has 0 amide bonds. The molecule has 5 atom stereocenters. The van der Waals surface area contributed by atoms with Gasteiger partial charge < -0.3 is 18.4 Å². The predicted octanol–water partition coefficient (Wildman–Crippen LogP) is 13.5. The molecule has 0 saturated carbocycles. The largest absolute Gasteiger partial charge is 0.481 e. The Morgan fingerprint density at radius 1 is 0.786 bits per heavy atom. The second kappa shape index (κ2) is 20.0. The summed E-state index contributed by atoms with van der Waals surface area (Å²) < 4.78 is 20.9. The standard InChI is InChI=1S/C46H85NO6Si3/c1-33(28-29-38(51-54(16,17)43(5,6)7)35(3)31-37-27-22-23-30-47-37)25-24-26-34(2)41(53-56(20,21)45(11,12)13)36(4)42(50)46(14,15)39(32-40(48)49)52-55(18,19)44(8,9)10/h22-23,27-28,30-31,34,36,38-39,41H,24-26,29,32H2,1-21H3,(H,48,49)/t34-,36+,38-,39-,41-/m0/s1. The highest BCUT2D eigenvalue weighted by Gasteiger charge is 2.50. The maximum absolute atomic E-state index is 14.7. The molecule has 0 radical (unpaired) electrons. The third-order valence-electron chi connectivity index (χ3n) is 13.5. The third kappa shape index (κ3) is 15.2. The monoisotopic (exact) mass is 832 g/mol. The van der Waals surface area contributed by atoms with Crippen molar-refractivity contribution in [2.75, 3.05) is 0 Å². The normalized spacial score (nSPS) is 17.3. The minimum Gasteiger partial charge on any atom is -0.481 e. The highest BCUT2D eigenvalue weighted by molar-refractivity contribution is 6.75. The molecular weight excluding hydrogens is 747 g/mol. The summed E-state index contributed by atoms with van der Waals surface area (Å²) in [4.78, 5) is 31.4. The van der Waals surface area contributed by atoms with Gasteiger partial charge in [0.15, 0.2) is 25.0 Å². The number of hydrogen-bond acceptors (Lipinski definition) is 6. The Labute approximate surface area is 347 Å². The summed E-state index contributed by atoms with van der Waals surface area (Å²) in [5.41, 5.74) is 2.43. The predicted molar refractivity (Wildman–Crippen MR) is 246 cm³/mol. The van der Waals surface area contributed by atoms with Crippen molar-refractivity contribution in [2.45, 2.75) is 209 Å². The van der Waals surface area contributed by atoms with Gasteiger partial charge in [-0.1, -0.05) is 108 Å². The van der Waals surface area contributed by atoms with Gasteiger partial charge in [0.25, 0.3) is 0 Å². The first-order valence-corrected chi connectivity index (χ1v) is 29.8. The number of carboxylic acids is 1. The van der Waals surface area contributed by atoms with E-state index < -0.39 is 48.4 Å². The fourth-order valence-corrected chi connectivity index (χ4v) is 10.4. The van der Waals surface area contributed by atoms with Crippen molar-refractivity contribution in [1.82, 2.24) is 4.98 Å². The molecule has 1 N–H and O–H groups in total. The van der Waals surface area contributed by atoms with E-state index in [9.17, 15) is 14.7 Å². The summed E-state index contributed by atoms with van der Waals surface area (Å²) in [6.45, 7) is 45.7. The molecule has 0 unspecified atom stereocenters. The van der Waals surface area contributed by atoms with Crippen LogP contribution in [0.5, 0.6) is 0 Å². The van der Waals surface area contributed by atoms with E-state index in [1.165, 1.54) is 11.1 Å². The van der Waals surface area contributed by atoms with Gasteiger partial charge in [-0.2, -0.15) is 0 Å². The van der Waals surface area contributed by atoms with Crippen LogP contribution in [-0.4, -0.2) is 65.1 Å². The van der Waals surface area contributed by atoms with Crippen LogP contribution in [0.15, 0.2) is 41.6 Å². The van der Waals surface area contributed by atoms with E-state index in [-0.39, 0.29) is 45.4 Å². The quantitative estimate of drug-likeness (QED) is 0.0973. The molecule has 1 aromatic heterocycles. The Hall–Kier alpha value is -1.70. The zero-order chi connectivity index (χ0) is 43.9. The first-order valence-electron chi connectivity index (χ1n) is 21.1. The summed E-state index contributed by atoms with van der Waals surface area (Å²) in [5.74, 6) is -1.27. The average molecular weight is 832 g/mol. The summed E-state index contributed by atoms with van der Waals surface area (Å²) in [6.07, 6.45) is 8.67. The molecule has 1 aromatic rings. The summed E-state index contributed by atoms with van der Waals surface area (Å²) in [7, 11) is -6.70. The Kier molecular flexibility index (Phi) is 18.7. The number of rotatable bonds is 21. The number of aliphatic carboxylic acids is 1. The molecule has 1 rings (SSSR count). The van der Waals surface area contributed by atoms with Crippen LogP contribution in [0.3, 0.4) is 0 Å². The topological polar surface area (TPSA) is 95.0 Å². The van der Waals surface area contributed by atoms with Crippen molar-refractivity contribution in [1.29, 1.82) is 0 Å². The van der Waals surface area contributed by atoms with Crippen molar-refractivity contribution < 1.29 is 28.0 Å². The second-order valence-electron chi connectivity index (χ2n) is 21.8. The van der Waals surface area contributed by atoms with Gasteiger partial charge in [0.1, 0.15) is 5.78 Å². The number of aromatic nitrogens is 1. The van der Waals surface area contributed by atoms with E-state index in [1.54, 1.807) is 0 Å². The van der Waals surface area contributed by atoms with E-state index in [0.717, 1.165) is 31.4 Å². The molecule has 0 aromatic carbocycles. The SMILES string of the molecule is CC(=CC[C@H](O[Si](C)(C)C(C)(C)C)C(C)=Cc1ccccn1)CCC[C@H](C)[C@H](O[Si](C)(C)C(C)(C)C)[C@@H](C)C(=O)C(C)(C)[C@H](CC(=O)O)O[Si](C)(C)C(C)(C)C. The van der Waals surface area contributed by atoms with Crippen LogP contribution in [0, 0.1) is 17.3 Å². The van der Waals surface area contributed by atoms with Crippen molar-refractivity contribution in [3.63, 3.8) is 0 Å². The van der Waals surface area contributed by atoms with Gasteiger partial charge in [-0.25, -0.2) is 0 Å². The molecule has 0 aliphatic heterocycles. The Morgan fingerprint density at radius 2 is 1.29 bits per heavy atom. The number of pyridine rings is 1. The lowest BCUT2D eigenvalue weighted by atomic mass is 9.73. The summed E-state index contributed by atoms with van der Waals surface area (Å²) in [6, 6.07) is 5.99. The van der Waals surface area contributed by atoms with Crippen LogP contribution >= 0.6 is 0 Å². The van der Waals surface area contributed by atoms with Crippen LogP contribution < -0.4 is 0 Å². The van der Waals surface area contributed by atoms with Gasteiger partial charge in [0.2, 0.25) is 0 Å². The smallest absolute Gasteiger partial charge is 0.305 e. The molecule has 0 aliphatic rings. The Balaban J connectivity index is 3.37. The lowest BCUT2D eigenvalue weighted by Crippen LogP contribution is -2.54. The van der Waals surface area contributed by atoms with Crippen molar-refractivity contribution in [3.05, 3.63) is 47.3 Å². The number of nitrogens with zero attached hydrogens (tertiary/aromatic N) is 1. The number of carbonyl (C=O) groups is 2. The van der Waals surface area contributed by atoms with Crippen LogP contribution in [0.25, 0.3) is 6.08 Å². The van der Waals surface area contributed by atoms with Gasteiger partial charge in [-0.05, 0) is 124 Å². The van der Waals surface area contributed by atoms with E-state index in [2.05, 4.69) is 140 Å². The molecule has 7 nitrogen and oxygen atoms in total. The molecular formula is C46H85NO6Si3. The first-order chi connectivity index (χ1) is 25.1. The highest BCUT2D eigenvalue weighted by Crippen LogP contribution is 2.44. The lowest BCUT2D eigenvalue weighted by Gasteiger charge is -2.46. The van der Waals surface area contributed by atoms with E-state index in [4.69, 9.17) is 13.3 Å². The fourth-order valence-electron chi connectivity index (χ4n) is 6.18. The molecule has 1 heterocycles. The summed E-state index contributed by atoms with van der Waals surface area (Å²) >= 11 is 0. The first kappa shape index (κ1) is 52.3. The van der Waals surface area contributed by atoms with Gasteiger partial charge in [-0.15, -0.1) is 0 Å². The number of allylic oxidation sites excluding steroid dienone is 1. The Morgan fingerprint density at radius 3 is 1.75 bits per heavy atom. The number of Topliss-reactive ketones (excluding diaryl/α,β-unsaturated/α-hetero) is 1. The molecule has 0 saturated heterocycles. The molecule has 0 bridgehead atoms. The van der Waals surface area contributed by atoms with E-state index in [1.807, 2.05) is 45.2 Å². The van der Waals surface area contributed by atoms with Crippen LogP contribution in [0.2, 0.25) is 54.4 Å². The number of carbonyl (C=O) groups excluding carboxylic acids is 1. The minimum atomic E-state index is -2.38. The molecule has 0 fully saturated rings. The Bertz CT molecular complexity index is 1480. The zero-order valence-electron chi connectivity index (χ0n) is 39.8. The van der Waals surface area contributed by atoms with Crippen molar-refractivity contribution in [3.8, 4) is 0 Å². The lowest BCUT2D eigenvalue weighted by molar-refractivity contribution is -0.146. The third-order valence-corrected chi connectivity index (χ3v) is 26.9. The average Bonchev–Trinajstić information content (AvgIpc) is 3.02. The molecule has 10 heteroatoms. The summed E-state index contributed by atoms with van der Waals surface area (Å²) in [5, 5.41) is 9.91. The molecule has 322 valence electrons. The van der Waals surface area contributed by atoms with Gasteiger partial charge >= 0.3 is 5.97 Å². The number of ketones is 1. The molecule has 0 aliphatic carbocycles. The number of carboxylic acid groups (broad SMARTS) is 1. The molecule has 0 spiro atoms. The maximum Gasteiger partial charge on any atom is 0.305 e. The van der Waals surface area contributed by atoms with Crippen LogP contribution in [-0.2, 0) is 22.9 Å². The van der Waals surface area contributed by atoms with Gasteiger partial charge in [0.05, 0.1) is 30.4 Å². The number of hydrogen-bond donors (Lipinski definition) is 1. The van der Waals surface area contributed by atoms with Crippen LogP contribution in [0.4, 0.5) is 0 Å². The van der Waals surface area contributed by atoms with Crippen molar-refractivity contribution >= 4 is 42.8 Å². The van der Waals surface area contributed by atoms with Crippen molar-refractivity contribution in [2.24, 2.45) is 17.3 Å². The van der Waals surface area contributed by atoms with Crippen LogP contribution in [0.1, 0.15) is 142 Å². The minimum absolute atomic E-state index is 0.0102. The maximum atomic E-state index is 14.7. The fraction of sp³-hybridized carbons (Fsp3) is 0.761. The van der Waals surface area contributed by atoms with E-state index in [0.29, 0.717) is 0 Å². The molecule has 56 heavy (non-hydrogen) atoms. The van der Waals surface area contributed by atoms with E-state index >= 15 is 0 Å². The van der Waals surface area contributed by atoms with Gasteiger partial charge in [0, 0.05) is 17.5 Å². The van der Waals surface area contributed by atoms with Gasteiger partial charge in [-0.3, -0.25) is 14.6 Å². The highest BCUT2D eigenvalue weighted by atomic mass is 28.4. The zero-order valence-corrected chi connectivity index (χ0v) is 42.8.